The topological polar surface area (TPSA) is 26.3 Å². The van der Waals surface area contributed by atoms with Gasteiger partial charge in [0.1, 0.15) is 6.10 Å². The minimum Gasteiger partial charge on any atom is -0.462 e. The van der Waals surface area contributed by atoms with Gasteiger partial charge in [0.25, 0.3) is 0 Å². The van der Waals surface area contributed by atoms with E-state index in [4.69, 9.17) is 4.74 Å². The van der Waals surface area contributed by atoms with Gasteiger partial charge in [0.2, 0.25) is 0 Å². The van der Waals surface area contributed by atoms with Crippen LogP contribution < -0.4 is 0 Å². The van der Waals surface area contributed by atoms with Crippen LogP contribution >= 0.6 is 0 Å². The zero-order chi connectivity index (χ0) is 12.2. The van der Waals surface area contributed by atoms with Gasteiger partial charge in [-0.2, -0.15) is 0 Å². The lowest BCUT2D eigenvalue weighted by Gasteiger charge is -2.14. The van der Waals surface area contributed by atoms with E-state index in [-0.39, 0.29) is 12.1 Å². The summed E-state index contributed by atoms with van der Waals surface area (Å²) in [6.07, 6.45) is 13.3. The summed E-state index contributed by atoms with van der Waals surface area (Å²) >= 11 is 0. The number of hydrogen-bond acceptors (Lipinski definition) is 2. The average molecular weight is 224 g/mol. The molecule has 0 bridgehead atoms. The van der Waals surface area contributed by atoms with E-state index in [1.165, 1.54) is 6.92 Å². The third-order valence-corrected chi connectivity index (χ3v) is 2.23. The maximum atomic E-state index is 10.9. The third-order valence-electron chi connectivity index (χ3n) is 2.23. The molecule has 1 unspecified atom stereocenters. The standard InChI is InChI=1S/C14H24O2/c1-4-6-8-9-10-12-14(11-7-5-2)16-13(3)15/h6,8-10,14H,4-5,7,11-12H2,1-3H3/b8-6?,10-9+. The summed E-state index contributed by atoms with van der Waals surface area (Å²) in [7, 11) is 0. The molecule has 0 aliphatic heterocycles. The van der Waals surface area contributed by atoms with Crippen molar-refractivity contribution in [3.8, 4) is 0 Å². The molecule has 2 nitrogen and oxygen atoms in total. The molecule has 92 valence electrons. The summed E-state index contributed by atoms with van der Waals surface area (Å²) in [5, 5.41) is 0. The lowest BCUT2D eigenvalue weighted by Crippen LogP contribution is -2.15. The van der Waals surface area contributed by atoms with Crippen molar-refractivity contribution in [2.45, 2.75) is 59.0 Å². The predicted octanol–water partition coefficient (Wildman–Crippen LogP) is 4.02. The van der Waals surface area contributed by atoms with Crippen molar-refractivity contribution < 1.29 is 9.53 Å². The van der Waals surface area contributed by atoms with Crippen LogP contribution in [0.5, 0.6) is 0 Å². The second-order valence-corrected chi connectivity index (χ2v) is 3.87. The molecule has 0 heterocycles. The van der Waals surface area contributed by atoms with Crippen molar-refractivity contribution in [3.63, 3.8) is 0 Å². The maximum Gasteiger partial charge on any atom is 0.302 e. The van der Waals surface area contributed by atoms with Crippen LogP contribution in [0.1, 0.15) is 52.9 Å². The summed E-state index contributed by atoms with van der Waals surface area (Å²) in [5.41, 5.74) is 0. The number of unbranched alkanes of at least 4 members (excludes halogenated alkanes) is 1. The molecule has 0 N–H and O–H groups in total. The Morgan fingerprint density at radius 2 is 1.94 bits per heavy atom. The predicted molar refractivity (Wildman–Crippen MR) is 68.3 cm³/mol. The molecule has 0 saturated heterocycles. The van der Waals surface area contributed by atoms with Crippen LogP contribution in [0.15, 0.2) is 24.3 Å². The Morgan fingerprint density at radius 3 is 2.50 bits per heavy atom. The largest absolute Gasteiger partial charge is 0.462 e. The van der Waals surface area contributed by atoms with Gasteiger partial charge in [-0.3, -0.25) is 4.79 Å². The van der Waals surface area contributed by atoms with E-state index in [0.29, 0.717) is 0 Å². The molecule has 0 saturated carbocycles. The number of rotatable bonds is 8. The molecule has 0 aromatic rings. The summed E-state index contributed by atoms with van der Waals surface area (Å²) in [4.78, 5) is 10.9. The molecular formula is C14H24O2. The molecular weight excluding hydrogens is 200 g/mol. The highest BCUT2D eigenvalue weighted by molar-refractivity contribution is 5.66. The number of hydrogen-bond donors (Lipinski definition) is 0. The second-order valence-electron chi connectivity index (χ2n) is 3.87. The minimum atomic E-state index is -0.182. The Morgan fingerprint density at radius 1 is 1.25 bits per heavy atom. The fraction of sp³-hybridized carbons (Fsp3) is 0.643. The highest BCUT2D eigenvalue weighted by atomic mass is 16.5. The van der Waals surface area contributed by atoms with Crippen LogP contribution in [0, 0.1) is 0 Å². The number of esters is 1. The molecule has 1 atom stereocenters. The molecule has 0 aliphatic rings. The smallest absolute Gasteiger partial charge is 0.302 e. The second kappa shape index (κ2) is 10.5. The number of carbonyl (C=O) groups is 1. The van der Waals surface area contributed by atoms with Gasteiger partial charge in [-0.05, 0) is 12.8 Å². The molecule has 0 rings (SSSR count). The first-order valence-electron chi connectivity index (χ1n) is 6.19. The minimum absolute atomic E-state index is 0.0451. The Balaban J connectivity index is 3.94. The van der Waals surface area contributed by atoms with Gasteiger partial charge in [0.15, 0.2) is 0 Å². The van der Waals surface area contributed by atoms with E-state index >= 15 is 0 Å². The molecule has 0 radical (unpaired) electrons. The van der Waals surface area contributed by atoms with Gasteiger partial charge in [0, 0.05) is 13.3 Å². The monoisotopic (exact) mass is 224 g/mol. The highest BCUT2D eigenvalue weighted by Gasteiger charge is 2.08. The lowest BCUT2D eigenvalue weighted by molar-refractivity contribution is -0.146. The number of allylic oxidation sites excluding steroid dienone is 3. The van der Waals surface area contributed by atoms with Gasteiger partial charge in [-0.25, -0.2) is 0 Å². The van der Waals surface area contributed by atoms with E-state index in [2.05, 4.69) is 26.0 Å². The summed E-state index contributed by atoms with van der Waals surface area (Å²) in [5.74, 6) is -0.182. The quantitative estimate of drug-likeness (QED) is 0.460. The van der Waals surface area contributed by atoms with Gasteiger partial charge >= 0.3 is 5.97 Å². The van der Waals surface area contributed by atoms with Crippen molar-refractivity contribution in [1.82, 2.24) is 0 Å². The first kappa shape index (κ1) is 14.9. The summed E-state index contributed by atoms with van der Waals surface area (Å²) in [6.45, 7) is 5.72. The summed E-state index contributed by atoms with van der Waals surface area (Å²) in [6, 6.07) is 0. The van der Waals surface area contributed by atoms with Gasteiger partial charge in [0.05, 0.1) is 0 Å². The Kier molecular flexibility index (Phi) is 9.78. The van der Waals surface area contributed by atoms with Crippen LogP contribution in [0.3, 0.4) is 0 Å². The van der Waals surface area contributed by atoms with Gasteiger partial charge in [-0.1, -0.05) is 51.0 Å². The highest BCUT2D eigenvalue weighted by Crippen LogP contribution is 2.10. The Labute approximate surface area is 99.4 Å². The fourth-order valence-electron chi connectivity index (χ4n) is 1.41. The molecule has 0 spiro atoms. The number of carbonyl (C=O) groups excluding carboxylic acids is 1. The molecule has 0 amide bonds. The van der Waals surface area contributed by atoms with Crippen LogP contribution in [0.4, 0.5) is 0 Å². The van der Waals surface area contributed by atoms with E-state index < -0.39 is 0 Å². The van der Waals surface area contributed by atoms with Crippen LogP contribution in [-0.2, 0) is 9.53 Å². The van der Waals surface area contributed by atoms with E-state index in [0.717, 1.165) is 32.1 Å². The normalized spacial score (nSPS) is 13.4. The van der Waals surface area contributed by atoms with Crippen molar-refractivity contribution in [3.05, 3.63) is 24.3 Å². The molecule has 2 heteroatoms. The first-order chi connectivity index (χ1) is 7.70. The third kappa shape index (κ3) is 9.50. The molecule has 0 aliphatic carbocycles. The molecule has 0 aromatic carbocycles. The van der Waals surface area contributed by atoms with Crippen LogP contribution in [0.2, 0.25) is 0 Å². The molecule has 16 heavy (non-hydrogen) atoms. The molecule has 0 fully saturated rings. The Bertz CT molecular complexity index is 229. The fourth-order valence-corrected chi connectivity index (χ4v) is 1.41. The van der Waals surface area contributed by atoms with E-state index in [1.807, 2.05) is 12.2 Å². The lowest BCUT2D eigenvalue weighted by atomic mass is 10.1. The molecule has 0 aromatic heterocycles. The van der Waals surface area contributed by atoms with Crippen molar-refractivity contribution >= 4 is 5.97 Å². The van der Waals surface area contributed by atoms with Gasteiger partial charge in [-0.15, -0.1) is 0 Å². The first-order valence-corrected chi connectivity index (χ1v) is 6.19. The average Bonchev–Trinajstić information content (AvgIpc) is 2.24. The van der Waals surface area contributed by atoms with Gasteiger partial charge < -0.3 is 4.74 Å². The van der Waals surface area contributed by atoms with Crippen molar-refractivity contribution in [2.75, 3.05) is 0 Å². The van der Waals surface area contributed by atoms with Crippen molar-refractivity contribution in [1.29, 1.82) is 0 Å². The zero-order valence-electron chi connectivity index (χ0n) is 10.7. The Hall–Kier alpha value is -1.05. The summed E-state index contributed by atoms with van der Waals surface area (Å²) < 4.78 is 5.24. The SMILES string of the molecule is CCC=C/C=C/CC(CCCC)OC(C)=O. The zero-order valence-corrected chi connectivity index (χ0v) is 10.7. The number of ether oxygens (including phenoxy) is 1. The van der Waals surface area contributed by atoms with E-state index in [9.17, 15) is 4.79 Å². The maximum absolute atomic E-state index is 10.9. The van der Waals surface area contributed by atoms with Crippen molar-refractivity contribution in [2.24, 2.45) is 0 Å². The van der Waals surface area contributed by atoms with Crippen LogP contribution in [0.25, 0.3) is 0 Å². The van der Waals surface area contributed by atoms with Crippen LogP contribution in [-0.4, -0.2) is 12.1 Å². The van der Waals surface area contributed by atoms with E-state index in [1.54, 1.807) is 0 Å².